The minimum absolute atomic E-state index is 0.0729. The third kappa shape index (κ3) is 6.03. The number of aliphatic imine (C=N–C) groups is 1. The number of para-hydroxylation sites is 2. The molecule has 1 aromatic heterocycles. The highest BCUT2D eigenvalue weighted by Gasteiger charge is 2.11. The monoisotopic (exact) mass is 362 g/mol. The van der Waals surface area contributed by atoms with Gasteiger partial charge in [-0.3, -0.25) is 15.1 Å². The van der Waals surface area contributed by atoms with E-state index in [0.29, 0.717) is 24.7 Å². The third-order valence-corrected chi connectivity index (χ3v) is 4.33. The maximum Gasteiger partial charge on any atom is 0.292 e. The summed E-state index contributed by atoms with van der Waals surface area (Å²) in [6.07, 6.45) is 2.72. The van der Waals surface area contributed by atoms with Gasteiger partial charge in [-0.15, -0.1) is 11.3 Å². The summed E-state index contributed by atoms with van der Waals surface area (Å²) in [5.41, 5.74) is 0.583. The molecule has 3 N–H and O–H groups in total. The average Bonchev–Trinajstić information content (AvgIpc) is 3.02. The molecule has 134 valence electrons. The summed E-state index contributed by atoms with van der Waals surface area (Å²) >= 11 is 1.69. The zero-order valence-electron chi connectivity index (χ0n) is 14.3. The van der Waals surface area contributed by atoms with Gasteiger partial charge in [-0.05, 0) is 13.0 Å². The van der Waals surface area contributed by atoms with Crippen molar-refractivity contribution in [1.82, 2.24) is 15.6 Å². The number of benzene rings is 1. The van der Waals surface area contributed by atoms with Crippen LogP contribution in [-0.2, 0) is 6.42 Å². The van der Waals surface area contributed by atoms with Crippen molar-refractivity contribution in [1.29, 1.82) is 0 Å². The molecule has 0 radical (unpaired) electrons. The van der Waals surface area contributed by atoms with Crippen LogP contribution >= 0.6 is 11.3 Å². The lowest BCUT2D eigenvalue weighted by Crippen LogP contribution is -2.40. The number of anilines is 1. The van der Waals surface area contributed by atoms with Gasteiger partial charge in [-0.1, -0.05) is 12.1 Å². The van der Waals surface area contributed by atoms with Crippen LogP contribution in [0.5, 0.6) is 0 Å². The lowest BCUT2D eigenvalue weighted by atomic mass is 10.2. The van der Waals surface area contributed by atoms with E-state index in [0.717, 1.165) is 18.0 Å². The van der Waals surface area contributed by atoms with E-state index >= 15 is 0 Å². The van der Waals surface area contributed by atoms with Crippen LogP contribution in [0.25, 0.3) is 0 Å². The van der Waals surface area contributed by atoms with Crippen LogP contribution in [0.2, 0.25) is 0 Å². The number of nitrogens with one attached hydrogen (secondary N) is 3. The first-order valence-corrected chi connectivity index (χ1v) is 8.75. The summed E-state index contributed by atoms with van der Waals surface area (Å²) in [7, 11) is 1.71. The number of nitro groups is 1. The van der Waals surface area contributed by atoms with Gasteiger partial charge < -0.3 is 16.0 Å². The molecule has 0 aliphatic heterocycles. The van der Waals surface area contributed by atoms with E-state index in [1.54, 1.807) is 36.6 Å². The summed E-state index contributed by atoms with van der Waals surface area (Å²) in [4.78, 5) is 20.3. The minimum Gasteiger partial charge on any atom is -0.378 e. The number of hydrogen-bond donors (Lipinski definition) is 3. The first-order valence-electron chi connectivity index (χ1n) is 7.93. The highest BCUT2D eigenvalue weighted by molar-refractivity contribution is 7.11. The van der Waals surface area contributed by atoms with Crippen molar-refractivity contribution in [2.24, 2.45) is 4.99 Å². The van der Waals surface area contributed by atoms with E-state index in [-0.39, 0.29) is 5.69 Å². The van der Waals surface area contributed by atoms with Crippen LogP contribution in [0.3, 0.4) is 0 Å². The molecule has 0 amide bonds. The van der Waals surface area contributed by atoms with Crippen LogP contribution in [0.15, 0.2) is 35.5 Å². The Morgan fingerprint density at radius 2 is 2.04 bits per heavy atom. The Kier molecular flexibility index (Phi) is 7.15. The van der Waals surface area contributed by atoms with Gasteiger partial charge in [-0.25, -0.2) is 4.98 Å². The van der Waals surface area contributed by atoms with Gasteiger partial charge in [-0.2, -0.15) is 0 Å². The van der Waals surface area contributed by atoms with E-state index in [4.69, 9.17) is 0 Å². The van der Waals surface area contributed by atoms with Crippen LogP contribution in [-0.4, -0.2) is 42.5 Å². The number of hydrogen-bond acceptors (Lipinski definition) is 6. The SMILES string of the molecule is CN=C(NCCNc1ccccc1[N+](=O)[O-])NCCc1ncc(C)s1. The Morgan fingerprint density at radius 3 is 2.72 bits per heavy atom. The van der Waals surface area contributed by atoms with Crippen molar-refractivity contribution in [2.45, 2.75) is 13.3 Å². The molecule has 9 heteroatoms. The molecule has 0 atom stereocenters. The second kappa shape index (κ2) is 9.58. The van der Waals surface area contributed by atoms with E-state index in [1.165, 1.54) is 10.9 Å². The van der Waals surface area contributed by atoms with E-state index in [2.05, 4.69) is 25.9 Å². The summed E-state index contributed by atoms with van der Waals surface area (Å²) in [6.45, 7) is 3.91. The first-order chi connectivity index (χ1) is 12.1. The van der Waals surface area contributed by atoms with Crippen molar-refractivity contribution in [2.75, 3.05) is 32.0 Å². The van der Waals surface area contributed by atoms with E-state index in [1.807, 2.05) is 13.1 Å². The maximum atomic E-state index is 11.0. The Balaban J connectivity index is 1.70. The Hall–Kier alpha value is -2.68. The van der Waals surface area contributed by atoms with Gasteiger partial charge in [0.15, 0.2) is 5.96 Å². The zero-order chi connectivity index (χ0) is 18.1. The molecule has 0 saturated heterocycles. The standard InChI is InChI=1S/C16H22N6O2S/c1-12-11-21-15(25-12)7-8-19-16(17-2)20-10-9-18-13-5-3-4-6-14(13)22(23)24/h3-6,11,18H,7-10H2,1-2H3,(H2,17,19,20). The van der Waals surface area contributed by atoms with E-state index < -0.39 is 4.92 Å². The highest BCUT2D eigenvalue weighted by Crippen LogP contribution is 2.22. The van der Waals surface area contributed by atoms with Gasteiger partial charge in [0.2, 0.25) is 0 Å². The Morgan fingerprint density at radius 1 is 1.28 bits per heavy atom. The molecule has 0 aliphatic rings. The first kappa shape index (κ1) is 18.7. The molecule has 0 bridgehead atoms. The smallest absolute Gasteiger partial charge is 0.292 e. The number of aromatic nitrogens is 1. The van der Waals surface area contributed by atoms with Crippen LogP contribution in [0.4, 0.5) is 11.4 Å². The molecule has 8 nitrogen and oxygen atoms in total. The lowest BCUT2D eigenvalue weighted by molar-refractivity contribution is -0.384. The van der Waals surface area contributed by atoms with Gasteiger partial charge >= 0.3 is 0 Å². The molecule has 0 unspecified atom stereocenters. The number of thiazole rings is 1. The van der Waals surface area contributed by atoms with Crippen molar-refractivity contribution in [3.63, 3.8) is 0 Å². The second-order valence-corrected chi connectivity index (χ2v) is 6.56. The van der Waals surface area contributed by atoms with E-state index in [9.17, 15) is 10.1 Å². The van der Waals surface area contributed by atoms with Crippen LogP contribution in [0, 0.1) is 17.0 Å². The highest BCUT2D eigenvalue weighted by atomic mass is 32.1. The number of nitrogens with zero attached hydrogens (tertiary/aromatic N) is 3. The topological polar surface area (TPSA) is 104 Å². The molecule has 25 heavy (non-hydrogen) atoms. The zero-order valence-corrected chi connectivity index (χ0v) is 15.1. The molecule has 0 saturated carbocycles. The molecule has 1 heterocycles. The van der Waals surface area contributed by atoms with Gasteiger partial charge in [0.1, 0.15) is 5.69 Å². The molecule has 0 aliphatic carbocycles. The predicted molar refractivity (Wildman–Crippen MR) is 102 cm³/mol. The fourth-order valence-corrected chi connectivity index (χ4v) is 2.97. The van der Waals surface area contributed by atoms with Gasteiger partial charge in [0, 0.05) is 50.2 Å². The molecular weight excluding hydrogens is 340 g/mol. The lowest BCUT2D eigenvalue weighted by Gasteiger charge is -2.12. The predicted octanol–water partition coefficient (Wildman–Crippen LogP) is 2.18. The maximum absolute atomic E-state index is 11.0. The van der Waals surface area contributed by atoms with Crippen LogP contribution < -0.4 is 16.0 Å². The Bertz CT molecular complexity index is 731. The summed E-state index contributed by atoms with van der Waals surface area (Å²) in [5.74, 6) is 0.692. The molecule has 2 aromatic rings. The molecule has 0 fully saturated rings. The second-order valence-electron chi connectivity index (χ2n) is 5.24. The number of aryl methyl sites for hydroxylation is 1. The fraction of sp³-hybridized carbons (Fsp3) is 0.375. The largest absolute Gasteiger partial charge is 0.378 e. The molecule has 0 spiro atoms. The van der Waals surface area contributed by atoms with Gasteiger partial charge in [0.05, 0.1) is 9.93 Å². The quantitative estimate of drug-likeness (QED) is 0.219. The molecule has 1 aromatic carbocycles. The molecule has 2 rings (SSSR count). The summed E-state index contributed by atoms with van der Waals surface area (Å²) in [6, 6.07) is 6.60. The average molecular weight is 362 g/mol. The van der Waals surface area contributed by atoms with Crippen molar-refractivity contribution < 1.29 is 4.92 Å². The number of rotatable bonds is 8. The fourth-order valence-electron chi connectivity index (χ4n) is 2.19. The summed E-state index contributed by atoms with van der Waals surface area (Å²) in [5, 5.41) is 21.5. The molecular formula is C16H22N6O2S. The third-order valence-electron chi connectivity index (χ3n) is 3.36. The van der Waals surface area contributed by atoms with Crippen molar-refractivity contribution in [3.05, 3.63) is 50.5 Å². The Labute approximate surface area is 150 Å². The van der Waals surface area contributed by atoms with Crippen molar-refractivity contribution >= 4 is 28.7 Å². The van der Waals surface area contributed by atoms with Crippen LogP contribution in [0.1, 0.15) is 9.88 Å². The normalized spacial score (nSPS) is 11.2. The van der Waals surface area contributed by atoms with Gasteiger partial charge in [0.25, 0.3) is 5.69 Å². The number of nitro benzene ring substituents is 1. The van der Waals surface area contributed by atoms with Crippen molar-refractivity contribution in [3.8, 4) is 0 Å². The number of guanidine groups is 1. The summed E-state index contributed by atoms with van der Waals surface area (Å²) < 4.78 is 0. The minimum atomic E-state index is -0.392.